The largest absolute Gasteiger partial charge is 0.426 e. The number of nitrogens with one attached hydrogen (secondary N) is 2. The molecule has 126 valence electrons. The van der Waals surface area contributed by atoms with Crippen LogP contribution in [0.25, 0.3) is 10.9 Å². The second-order valence-electron chi connectivity index (χ2n) is 6.43. The number of hydrogen-bond acceptors (Lipinski definition) is 4. The van der Waals surface area contributed by atoms with E-state index in [0.29, 0.717) is 16.8 Å². The highest BCUT2D eigenvalue weighted by Crippen LogP contribution is 2.35. The fourth-order valence-corrected chi connectivity index (χ4v) is 3.37. The summed E-state index contributed by atoms with van der Waals surface area (Å²) in [4.78, 5) is 42.6. The highest BCUT2D eigenvalue weighted by Gasteiger charge is 2.33. The number of aryl methyl sites for hydroxylation is 2. The number of ether oxygens (including phenoxy) is 1. The van der Waals surface area contributed by atoms with E-state index in [-0.39, 0.29) is 23.3 Å². The number of rotatable bonds is 1. The van der Waals surface area contributed by atoms with Gasteiger partial charge in [-0.25, -0.2) is 0 Å². The first kappa shape index (κ1) is 15.4. The fraction of sp³-hybridized carbons (Fsp3) is 0.211. The van der Waals surface area contributed by atoms with E-state index < -0.39 is 11.9 Å². The lowest BCUT2D eigenvalue weighted by Crippen LogP contribution is -2.31. The SMILES string of the molecule is Cc1ccc2cc([C@H]3CC(=O)Oc4cc(C)[nH]c(=O)c43)c(=O)[nH]c2c1. The van der Waals surface area contributed by atoms with Gasteiger partial charge < -0.3 is 14.7 Å². The summed E-state index contributed by atoms with van der Waals surface area (Å²) in [7, 11) is 0. The summed E-state index contributed by atoms with van der Waals surface area (Å²) in [6, 6.07) is 9.11. The van der Waals surface area contributed by atoms with Crippen molar-refractivity contribution in [3.63, 3.8) is 0 Å². The lowest BCUT2D eigenvalue weighted by molar-refractivity contribution is -0.135. The maximum Gasteiger partial charge on any atom is 0.312 e. The van der Waals surface area contributed by atoms with E-state index in [1.807, 2.05) is 25.1 Å². The molecule has 0 spiro atoms. The van der Waals surface area contributed by atoms with Crippen LogP contribution >= 0.6 is 0 Å². The van der Waals surface area contributed by atoms with E-state index in [2.05, 4.69) is 9.97 Å². The van der Waals surface area contributed by atoms with Gasteiger partial charge in [0.2, 0.25) is 0 Å². The molecule has 0 bridgehead atoms. The van der Waals surface area contributed by atoms with Crippen molar-refractivity contribution in [2.24, 2.45) is 0 Å². The van der Waals surface area contributed by atoms with Crippen LogP contribution in [0.3, 0.4) is 0 Å². The zero-order valence-corrected chi connectivity index (χ0v) is 13.8. The number of carbonyl (C=O) groups is 1. The molecule has 1 aliphatic rings. The first-order valence-electron chi connectivity index (χ1n) is 8.00. The van der Waals surface area contributed by atoms with Gasteiger partial charge in [-0.05, 0) is 36.9 Å². The maximum absolute atomic E-state index is 12.6. The number of pyridine rings is 2. The number of H-pyrrole nitrogens is 2. The molecule has 25 heavy (non-hydrogen) atoms. The van der Waals surface area contributed by atoms with E-state index >= 15 is 0 Å². The lowest BCUT2D eigenvalue weighted by Gasteiger charge is -2.23. The average molecular weight is 336 g/mol. The average Bonchev–Trinajstić information content (AvgIpc) is 2.52. The van der Waals surface area contributed by atoms with Crippen LogP contribution in [-0.2, 0) is 4.79 Å². The van der Waals surface area contributed by atoms with Crippen molar-refractivity contribution < 1.29 is 9.53 Å². The van der Waals surface area contributed by atoms with Gasteiger partial charge in [0.15, 0.2) is 0 Å². The fourth-order valence-electron chi connectivity index (χ4n) is 3.37. The van der Waals surface area contributed by atoms with E-state index in [1.165, 1.54) is 0 Å². The van der Waals surface area contributed by atoms with E-state index in [1.54, 1.807) is 19.1 Å². The van der Waals surface area contributed by atoms with E-state index in [9.17, 15) is 14.4 Å². The van der Waals surface area contributed by atoms with Crippen LogP contribution in [0.2, 0.25) is 0 Å². The molecule has 1 atom stereocenters. The Kier molecular flexibility index (Phi) is 3.35. The van der Waals surface area contributed by atoms with Gasteiger partial charge in [0.05, 0.1) is 12.0 Å². The van der Waals surface area contributed by atoms with Crippen LogP contribution in [0.1, 0.15) is 34.7 Å². The van der Waals surface area contributed by atoms with Crippen molar-refractivity contribution in [3.05, 3.63) is 73.4 Å². The monoisotopic (exact) mass is 336 g/mol. The van der Waals surface area contributed by atoms with Crippen molar-refractivity contribution in [1.82, 2.24) is 9.97 Å². The first-order valence-corrected chi connectivity index (χ1v) is 8.00. The van der Waals surface area contributed by atoms with Crippen molar-refractivity contribution in [1.29, 1.82) is 0 Å². The summed E-state index contributed by atoms with van der Waals surface area (Å²) in [6.45, 7) is 3.66. The molecular formula is C19H16N2O4. The molecule has 0 fully saturated rings. The third kappa shape index (κ3) is 2.55. The first-order chi connectivity index (χ1) is 11.9. The molecule has 2 N–H and O–H groups in total. The zero-order valence-electron chi connectivity index (χ0n) is 13.8. The topological polar surface area (TPSA) is 92.0 Å². The minimum absolute atomic E-state index is 0.0421. The normalized spacial score (nSPS) is 16.6. The summed E-state index contributed by atoms with van der Waals surface area (Å²) < 4.78 is 5.22. The molecule has 1 aromatic carbocycles. The summed E-state index contributed by atoms with van der Waals surface area (Å²) in [5.41, 5.74) is 2.44. The molecule has 0 saturated carbocycles. The van der Waals surface area contributed by atoms with Gasteiger partial charge >= 0.3 is 5.97 Å². The summed E-state index contributed by atoms with van der Waals surface area (Å²) in [6.07, 6.45) is -0.0421. The number of benzene rings is 1. The predicted molar refractivity (Wildman–Crippen MR) is 93.2 cm³/mol. The van der Waals surface area contributed by atoms with Crippen molar-refractivity contribution >= 4 is 16.9 Å². The molecule has 6 heteroatoms. The van der Waals surface area contributed by atoms with Crippen LogP contribution < -0.4 is 15.9 Å². The van der Waals surface area contributed by atoms with Crippen LogP contribution in [0, 0.1) is 13.8 Å². The summed E-state index contributed by atoms with van der Waals surface area (Å²) in [5.74, 6) is -0.855. The summed E-state index contributed by atoms with van der Waals surface area (Å²) >= 11 is 0. The van der Waals surface area contributed by atoms with Gasteiger partial charge in [-0.2, -0.15) is 0 Å². The number of carbonyl (C=O) groups excluding carboxylic acids is 1. The van der Waals surface area contributed by atoms with Crippen molar-refractivity contribution in [3.8, 4) is 5.75 Å². The summed E-state index contributed by atoms with van der Waals surface area (Å²) in [5, 5.41) is 0.851. The Labute approximate surface area is 142 Å². The molecular weight excluding hydrogens is 320 g/mol. The van der Waals surface area contributed by atoms with Gasteiger partial charge in [-0.3, -0.25) is 14.4 Å². The minimum Gasteiger partial charge on any atom is -0.426 e. The molecule has 3 aromatic rings. The Morgan fingerprint density at radius 2 is 1.80 bits per heavy atom. The van der Waals surface area contributed by atoms with Crippen LogP contribution in [0.15, 0.2) is 39.9 Å². The zero-order chi connectivity index (χ0) is 17.7. The Balaban J connectivity index is 1.97. The molecule has 0 saturated heterocycles. The predicted octanol–water partition coefficient (Wildman–Crippen LogP) is 2.27. The van der Waals surface area contributed by atoms with Gasteiger partial charge in [0.1, 0.15) is 5.75 Å². The number of aromatic nitrogens is 2. The second kappa shape index (κ2) is 5.44. The number of hydrogen-bond donors (Lipinski definition) is 2. The molecule has 2 aromatic heterocycles. The smallest absolute Gasteiger partial charge is 0.312 e. The third-order valence-electron chi connectivity index (χ3n) is 4.52. The van der Waals surface area contributed by atoms with Gasteiger partial charge in [0, 0.05) is 28.8 Å². The third-order valence-corrected chi connectivity index (χ3v) is 4.52. The van der Waals surface area contributed by atoms with Gasteiger partial charge in [0.25, 0.3) is 11.1 Å². The number of fused-ring (bicyclic) bond motifs is 2. The maximum atomic E-state index is 12.6. The van der Waals surface area contributed by atoms with Gasteiger partial charge in [-0.1, -0.05) is 12.1 Å². The van der Waals surface area contributed by atoms with Crippen molar-refractivity contribution in [2.75, 3.05) is 0 Å². The standard InChI is InChI=1S/C19H16N2O4/c1-9-3-4-11-7-13(18(23)21-14(11)5-9)12-8-16(22)25-15-6-10(2)20-19(24)17(12)15/h3-7,12H,8H2,1-2H3,(H,20,24)(H,21,23)/t12-/m1/s1. The Morgan fingerprint density at radius 1 is 1.00 bits per heavy atom. The molecule has 3 heterocycles. The molecule has 0 amide bonds. The van der Waals surface area contributed by atoms with Crippen LogP contribution in [0.4, 0.5) is 0 Å². The second-order valence-corrected chi connectivity index (χ2v) is 6.43. The van der Waals surface area contributed by atoms with Gasteiger partial charge in [-0.15, -0.1) is 0 Å². The minimum atomic E-state index is -0.630. The molecule has 0 radical (unpaired) electrons. The Bertz CT molecular complexity index is 1140. The molecule has 1 aliphatic heterocycles. The van der Waals surface area contributed by atoms with Crippen LogP contribution in [-0.4, -0.2) is 15.9 Å². The molecule has 6 nitrogen and oxygen atoms in total. The lowest BCUT2D eigenvalue weighted by atomic mass is 9.87. The molecule has 4 rings (SSSR count). The van der Waals surface area contributed by atoms with E-state index in [4.69, 9.17) is 4.74 Å². The van der Waals surface area contributed by atoms with Crippen LogP contribution in [0.5, 0.6) is 5.75 Å². The quantitative estimate of drug-likeness (QED) is 0.667. The highest BCUT2D eigenvalue weighted by molar-refractivity contribution is 5.81. The number of aromatic amines is 2. The Hall–Kier alpha value is -3.15. The highest BCUT2D eigenvalue weighted by atomic mass is 16.5. The van der Waals surface area contributed by atoms with Crippen molar-refractivity contribution in [2.45, 2.75) is 26.2 Å². The number of esters is 1. The van der Waals surface area contributed by atoms with E-state index in [0.717, 1.165) is 16.5 Å². The molecule has 0 aliphatic carbocycles. The Morgan fingerprint density at radius 3 is 2.60 bits per heavy atom. The molecule has 0 unspecified atom stereocenters.